The van der Waals surface area contributed by atoms with Gasteiger partial charge in [-0.1, -0.05) is 20.8 Å². The first kappa shape index (κ1) is 22.2. The van der Waals surface area contributed by atoms with Gasteiger partial charge in [-0.2, -0.15) is 26.3 Å². The van der Waals surface area contributed by atoms with Crippen LogP contribution in [0.4, 0.5) is 26.3 Å². The smallest absolute Gasteiger partial charge is 0.380 e. The number of halogens is 6. The Morgan fingerprint density at radius 1 is 1.04 bits per heavy atom. The largest absolute Gasteiger partial charge is 0.426 e. The van der Waals surface area contributed by atoms with E-state index in [1.165, 1.54) is 0 Å². The highest BCUT2D eigenvalue weighted by atomic mass is 19.4. The summed E-state index contributed by atoms with van der Waals surface area (Å²) in [4.78, 5) is 11.9. The van der Waals surface area contributed by atoms with E-state index in [0.717, 1.165) is 0 Å². The molecule has 1 N–H and O–H groups in total. The molecule has 0 saturated carbocycles. The Bertz CT molecular complexity index is 377. The second-order valence-corrected chi connectivity index (χ2v) is 5.75. The highest BCUT2D eigenvalue weighted by Gasteiger charge is 2.69. The van der Waals surface area contributed by atoms with E-state index in [4.69, 9.17) is 9.84 Å². The van der Waals surface area contributed by atoms with Crippen molar-refractivity contribution in [3.63, 3.8) is 0 Å². The van der Waals surface area contributed by atoms with E-state index >= 15 is 0 Å². The Morgan fingerprint density at radius 2 is 1.52 bits per heavy atom. The fourth-order valence-electron chi connectivity index (χ4n) is 1.87. The fraction of sp³-hybridized carbons (Fsp3) is 0.929. The molecule has 0 amide bonds. The topological polar surface area (TPSA) is 46.5 Å². The Kier molecular flexibility index (Phi) is 7.55. The quantitative estimate of drug-likeness (QED) is 0.503. The molecule has 9 heteroatoms. The minimum absolute atomic E-state index is 0.163. The van der Waals surface area contributed by atoms with Crippen molar-refractivity contribution in [3.05, 3.63) is 0 Å². The van der Waals surface area contributed by atoms with Gasteiger partial charge in [0.2, 0.25) is 0 Å². The van der Waals surface area contributed by atoms with Crippen LogP contribution in [0.5, 0.6) is 0 Å². The molecule has 0 rings (SSSR count). The molecule has 0 aromatic heterocycles. The molecular weight excluding hydrogens is 330 g/mol. The van der Waals surface area contributed by atoms with Crippen LogP contribution < -0.4 is 0 Å². The molecule has 0 aliphatic heterocycles. The highest BCUT2D eigenvalue weighted by molar-refractivity contribution is 5.84. The molecule has 0 aromatic carbocycles. The zero-order chi connectivity index (χ0) is 18.5. The van der Waals surface area contributed by atoms with Crippen LogP contribution in [0, 0.1) is 5.41 Å². The summed E-state index contributed by atoms with van der Waals surface area (Å²) < 4.78 is 79.7. The van der Waals surface area contributed by atoms with Gasteiger partial charge in [-0.15, -0.1) is 0 Å². The maximum absolute atomic E-state index is 12.5. The number of rotatable bonds is 9. The highest BCUT2D eigenvalue weighted by Crippen LogP contribution is 2.45. The second kappa shape index (κ2) is 7.83. The molecule has 0 aliphatic rings. The molecule has 0 radical (unpaired) electrons. The lowest BCUT2D eigenvalue weighted by atomic mass is 9.82. The molecule has 3 nitrogen and oxygen atoms in total. The van der Waals surface area contributed by atoms with Crippen LogP contribution in [-0.2, 0) is 9.53 Å². The molecule has 23 heavy (non-hydrogen) atoms. The summed E-state index contributed by atoms with van der Waals surface area (Å²) in [5.74, 6) is -0.163. The molecule has 0 fully saturated rings. The number of hydrogen-bond donors (Lipinski definition) is 1. The minimum atomic E-state index is -5.86. The summed E-state index contributed by atoms with van der Waals surface area (Å²) in [6.07, 6.45) is -12.2. The third-order valence-electron chi connectivity index (χ3n) is 3.90. The predicted molar refractivity (Wildman–Crippen MR) is 70.8 cm³/mol. The number of ketones is 1. The van der Waals surface area contributed by atoms with Crippen molar-refractivity contribution in [2.24, 2.45) is 5.41 Å². The summed E-state index contributed by atoms with van der Waals surface area (Å²) in [6, 6.07) is 0. The molecule has 1 unspecified atom stereocenters. The van der Waals surface area contributed by atoms with Gasteiger partial charge in [0.05, 0.1) is 13.2 Å². The molecule has 0 bridgehead atoms. The van der Waals surface area contributed by atoms with E-state index < -0.39 is 36.4 Å². The molecule has 138 valence electrons. The van der Waals surface area contributed by atoms with Crippen molar-refractivity contribution in [3.8, 4) is 0 Å². The number of alkyl halides is 6. The van der Waals surface area contributed by atoms with E-state index in [2.05, 4.69) is 0 Å². The average Bonchev–Trinajstić information content (AvgIpc) is 2.40. The van der Waals surface area contributed by atoms with E-state index in [-0.39, 0.29) is 18.8 Å². The number of hydrogen-bond acceptors (Lipinski definition) is 3. The molecule has 0 spiro atoms. The van der Waals surface area contributed by atoms with Gasteiger partial charge in [0.1, 0.15) is 5.78 Å². The first-order valence-corrected chi connectivity index (χ1v) is 7.22. The van der Waals surface area contributed by atoms with Gasteiger partial charge in [-0.3, -0.25) is 4.79 Å². The molecule has 0 heterocycles. The van der Waals surface area contributed by atoms with Gasteiger partial charge in [0, 0.05) is 18.3 Å². The zero-order valence-electron chi connectivity index (χ0n) is 13.3. The van der Waals surface area contributed by atoms with Crippen LogP contribution in [0.3, 0.4) is 0 Å². The van der Waals surface area contributed by atoms with Gasteiger partial charge in [0.25, 0.3) is 5.60 Å². The summed E-state index contributed by atoms with van der Waals surface area (Å²) >= 11 is 0. The van der Waals surface area contributed by atoms with Crippen LogP contribution >= 0.6 is 0 Å². The zero-order valence-corrected chi connectivity index (χ0v) is 13.3. The predicted octanol–water partition coefficient (Wildman–Crippen LogP) is 4.03. The summed E-state index contributed by atoms with van der Waals surface area (Å²) in [5, 5.41) is 8.97. The van der Waals surface area contributed by atoms with E-state index in [9.17, 15) is 31.1 Å². The third-order valence-corrected chi connectivity index (χ3v) is 3.90. The number of ether oxygens (including phenoxy) is 1. The lowest BCUT2D eigenvalue weighted by Crippen LogP contribution is -2.57. The molecule has 0 aliphatic carbocycles. The monoisotopic (exact) mass is 352 g/mol. The standard InChI is InChI=1S/C14H22F6O3/c1-4-6-10(21)11(3,5-2)9-23-8-7-12(22,13(15,16)17)14(18,19)20/h22H,4-9H2,1-3H3. The number of carbonyl (C=O) groups is 1. The van der Waals surface area contributed by atoms with E-state index in [1.54, 1.807) is 20.8 Å². The van der Waals surface area contributed by atoms with Crippen LogP contribution in [0.25, 0.3) is 0 Å². The van der Waals surface area contributed by atoms with E-state index in [0.29, 0.717) is 12.8 Å². The average molecular weight is 352 g/mol. The summed E-state index contributed by atoms with van der Waals surface area (Å²) in [5.41, 5.74) is -5.79. The van der Waals surface area contributed by atoms with Crippen molar-refractivity contribution in [1.29, 1.82) is 0 Å². The maximum Gasteiger partial charge on any atom is 0.426 e. The molecule has 0 aromatic rings. The van der Waals surface area contributed by atoms with Gasteiger partial charge in [0.15, 0.2) is 0 Å². The maximum atomic E-state index is 12.5. The Morgan fingerprint density at radius 3 is 1.87 bits per heavy atom. The minimum Gasteiger partial charge on any atom is -0.380 e. The van der Waals surface area contributed by atoms with Crippen LogP contribution in [0.2, 0.25) is 0 Å². The lowest BCUT2D eigenvalue weighted by molar-refractivity contribution is -0.371. The number of aliphatic hydroxyl groups is 1. The Labute approximate surface area is 131 Å². The summed E-state index contributed by atoms with van der Waals surface area (Å²) in [6.45, 7) is 3.74. The SMILES string of the molecule is CCCC(=O)C(C)(CC)COCCC(O)(C(F)(F)F)C(F)(F)F. The molecule has 1 atom stereocenters. The van der Waals surface area contributed by atoms with Crippen LogP contribution in [0.1, 0.15) is 46.5 Å². The van der Waals surface area contributed by atoms with Gasteiger partial charge < -0.3 is 9.84 Å². The van der Waals surface area contributed by atoms with Crippen molar-refractivity contribution in [2.45, 2.75) is 64.4 Å². The van der Waals surface area contributed by atoms with Crippen molar-refractivity contribution in [1.82, 2.24) is 0 Å². The van der Waals surface area contributed by atoms with E-state index in [1.807, 2.05) is 0 Å². The van der Waals surface area contributed by atoms with Crippen molar-refractivity contribution in [2.75, 3.05) is 13.2 Å². The van der Waals surface area contributed by atoms with Crippen molar-refractivity contribution < 1.29 is 41.0 Å². The molecular formula is C14H22F6O3. The normalized spacial score (nSPS) is 16.3. The third kappa shape index (κ3) is 5.34. The van der Waals surface area contributed by atoms with Gasteiger partial charge >= 0.3 is 12.4 Å². The lowest BCUT2D eigenvalue weighted by Gasteiger charge is -2.33. The van der Waals surface area contributed by atoms with Gasteiger partial charge in [-0.05, 0) is 12.8 Å². The molecule has 0 saturated heterocycles. The Balaban J connectivity index is 4.78. The first-order valence-electron chi connectivity index (χ1n) is 7.22. The van der Waals surface area contributed by atoms with Crippen molar-refractivity contribution >= 4 is 5.78 Å². The fourth-order valence-corrected chi connectivity index (χ4v) is 1.87. The number of carbonyl (C=O) groups excluding carboxylic acids is 1. The summed E-state index contributed by atoms with van der Waals surface area (Å²) in [7, 11) is 0. The second-order valence-electron chi connectivity index (χ2n) is 5.75. The van der Waals surface area contributed by atoms with Crippen LogP contribution in [-0.4, -0.2) is 42.1 Å². The van der Waals surface area contributed by atoms with Gasteiger partial charge in [-0.25, -0.2) is 0 Å². The van der Waals surface area contributed by atoms with Crippen LogP contribution in [0.15, 0.2) is 0 Å². The number of Topliss-reactive ketones (excluding diaryl/α,β-unsaturated/α-hetero) is 1. The first-order chi connectivity index (χ1) is 10.2. The Hall–Kier alpha value is -0.830.